The number of thioether (sulfide) groups is 1. The fourth-order valence-electron chi connectivity index (χ4n) is 3.07. The second-order valence-corrected chi connectivity index (χ2v) is 7.54. The topological polar surface area (TPSA) is 25.8 Å². The van der Waals surface area contributed by atoms with Crippen LogP contribution in [0.15, 0.2) is 78.0 Å². The van der Waals surface area contributed by atoms with Gasteiger partial charge in [0.2, 0.25) is 0 Å². The van der Waals surface area contributed by atoms with E-state index in [1.807, 2.05) is 11.8 Å². The third kappa shape index (κ3) is 3.49. The van der Waals surface area contributed by atoms with E-state index in [4.69, 9.17) is 0 Å². The molecule has 0 aliphatic carbocycles. The predicted octanol–water partition coefficient (Wildman–Crippen LogP) is 6.21. The van der Waals surface area contributed by atoms with Gasteiger partial charge in [-0.15, -0.1) is 11.8 Å². The molecule has 0 amide bonds. The van der Waals surface area contributed by atoms with Crippen molar-refractivity contribution in [1.82, 2.24) is 9.97 Å². The number of hydrogen-bond acceptors (Lipinski definition) is 3. The Balaban J connectivity index is 1.69. The molecule has 2 nitrogen and oxygen atoms in total. The van der Waals surface area contributed by atoms with E-state index in [0.717, 1.165) is 22.3 Å². The summed E-state index contributed by atoms with van der Waals surface area (Å²) in [6, 6.07) is 23.5. The average molecular weight is 356 g/mol. The van der Waals surface area contributed by atoms with Crippen LogP contribution in [0.4, 0.5) is 0 Å². The Hall–Kier alpha value is -2.65. The van der Waals surface area contributed by atoms with Crippen LogP contribution in [-0.2, 0) is 5.75 Å². The van der Waals surface area contributed by atoms with Crippen molar-refractivity contribution in [1.29, 1.82) is 0 Å². The smallest absolute Gasteiger partial charge is 0.116 e. The van der Waals surface area contributed by atoms with Crippen molar-refractivity contribution in [2.75, 3.05) is 0 Å². The predicted molar refractivity (Wildman–Crippen MR) is 110 cm³/mol. The quantitative estimate of drug-likeness (QED) is 0.407. The van der Waals surface area contributed by atoms with E-state index in [2.05, 4.69) is 90.5 Å². The third-order valence-corrected chi connectivity index (χ3v) is 5.57. The molecule has 4 aromatic rings. The van der Waals surface area contributed by atoms with E-state index in [-0.39, 0.29) is 0 Å². The zero-order valence-corrected chi connectivity index (χ0v) is 15.8. The van der Waals surface area contributed by atoms with Crippen LogP contribution < -0.4 is 0 Å². The Labute approximate surface area is 158 Å². The molecular weight excluding hydrogens is 336 g/mol. The van der Waals surface area contributed by atoms with Crippen LogP contribution in [0, 0.1) is 13.8 Å². The van der Waals surface area contributed by atoms with Gasteiger partial charge in [0.25, 0.3) is 0 Å². The van der Waals surface area contributed by atoms with Crippen LogP contribution in [0.2, 0.25) is 0 Å². The van der Waals surface area contributed by atoms with Crippen molar-refractivity contribution < 1.29 is 0 Å². The van der Waals surface area contributed by atoms with Crippen molar-refractivity contribution in [2.24, 2.45) is 0 Å². The molecule has 0 fully saturated rings. The van der Waals surface area contributed by atoms with Crippen molar-refractivity contribution in [3.05, 3.63) is 89.7 Å². The fraction of sp³-hybridized carbons (Fsp3) is 0.130. The summed E-state index contributed by atoms with van der Waals surface area (Å²) >= 11 is 1.84. The van der Waals surface area contributed by atoms with Gasteiger partial charge in [-0.05, 0) is 49.2 Å². The highest BCUT2D eigenvalue weighted by Gasteiger charge is 2.10. The lowest BCUT2D eigenvalue weighted by atomic mass is 10.00. The van der Waals surface area contributed by atoms with Gasteiger partial charge in [0, 0.05) is 21.6 Å². The van der Waals surface area contributed by atoms with E-state index in [0.29, 0.717) is 0 Å². The first kappa shape index (κ1) is 16.8. The highest BCUT2D eigenvalue weighted by atomic mass is 32.2. The van der Waals surface area contributed by atoms with Crippen LogP contribution in [0.3, 0.4) is 0 Å². The molecule has 1 heterocycles. The van der Waals surface area contributed by atoms with Crippen LogP contribution in [0.1, 0.15) is 16.7 Å². The molecule has 3 heteroatoms. The molecule has 0 spiro atoms. The molecule has 0 atom stereocenters. The summed E-state index contributed by atoms with van der Waals surface area (Å²) < 4.78 is 0. The van der Waals surface area contributed by atoms with Crippen LogP contribution in [-0.4, -0.2) is 9.97 Å². The summed E-state index contributed by atoms with van der Waals surface area (Å²) in [7, 11) is 0. The lowest BCUT2D eigenvalue weighted by Crippen LogP contribution is -1.92. The Bertz CT molecular complexity index is 1060. The zero-order chi connectivity index (χ0) is 17.9. The maximum Gasteiger partial charge on any atom is 0.116 e. The molecular formula is C23H20N2S. The molecule has 128 valence electrons. The maximum atomic E-state index is 4.58. The van der Waals surface area contributed by atoms with Crippen molar-refractivity contribution in [3.8, 4) is 11.3 Å². The summed E-state index contributed by atoms with van der Waals surface area (Å²) in [4.78, 5) is 10.3. The minimum Gasteiger partial charge on any atom is -0.236 e. The Kier molecular flexibility index (Phi) is 4.72. The maximum absolute atomic E-state index is 4.58. The molecule has 0 saturated heterocycles. The molecule has 0 unspecified atom stereocenters. The van der Waals surface area contributed by atoms with Crippen molar-refractivity contribution >= 4 is 22.7 Å². The Morgan fingerprint density at radius 2 is 1.69 bits per heavy atom. The van der Waals surface area contributed by atoms with Gasteiger partial charge in [-0.2, -0.15) is 0 Å². The molecule has 3 aromatic carbocycles. The number of fused-ring (bicyclic) bond motifs is 1. The number of rotatable bonds is 4. The molecule has 0 N–H and O–H groups in total. The normalized spacial score (nSPS) is 11.0. The summed E-state index contributed by atoms with van der Waals surface area (Å²) in [6.45, 7) is 4.25. The second-order valence-electron chi connectivity index (χ2n) is 6.49. The van der Waals surface area contributed by atoms with E-state index in [1.54, 1.807) is 6.33 Å². The van der Waals surface area contributed by atoms with Crippen molar-refractivity contribution in [2.45, 2.75) is 24.5 Å². The van der Waals surface area contributed by atoms with Gasteiger partial charge < -0.3 is 0 Å². The number of nitrogens with zero attached hydrogens (tertiary/aromatic N) is 2. The van der Waals surface area contributed by atoms with Gasteiger partial charge in [0.15, 0.2) is 0 Å². The average Bonchev–Trinajstić information content (AvgIpc) is 2.68. The van der Waals surface area contributed by atoms with E-state index in [1.165, 1.54) is 27.1 Å². The van der Waals surface area contributed by atoms with E-state index < -0.39 is 0 Å². The first-order valence-corrected chi connectivity index (χ1v) is 9.68. The first-order valence-electron chi connectivity index (χ1n) is 8.70. The number of aromatic nitrogens is 2. The highest BCUT2D eigenvalue weighted by Crippen LogP contribution is 2.31. The lowest BCUT2D eigenvalue weighted by Gasteiger charge is -2.10. The van der Waals surface area contributed by atoms with Gasteiger partial charge in [-0.1, -0.05) is 48.0 Å². The third-order valence-electron chi connectivity index (χ3n) is 4.50. The van der Waals surface area contributed by atoms with E-state index in [9.17, 15) is 0 Å². The SMILES string of the molecule is Cc1ccc(C)c(-c2ncnc3cc(SCc4ccccc4)ccc23)c1. The summed E-state index contributed by atoms with van der Waals surface area (Å²) in [6.07, 6.45) is 1.67. The molecule has 0 saturated carbocycles. The highest BCUT2D eigenvalue weighted by molar-refractivity contribution is 7.98. The minimum absolute atomic E-state index is 0.960. The molecule has 0 radical (unpaired) electrons. The molecule has 26 heavy (non-hydrogen) atoms. The van der Waals surface area contributed by atoms with Gasteiger partial charge >= 0.3 is 0 Å². The lowest BCUT2D eigenvalue weighted by molar-refractivity contribution is 1.21. The van der Waals surface area contributed by atoms with Crippen LogP contribution in [0.25, 0.3) is 22.2 Å². The second kappa shape index (κ2) is 7.30. The standard InChI is InChI=1S/C23H20N2S/c1-16-8-9-17(2)21(12-16)23-20-11-10-19(13-22(20)24-15-25-23)26-14-18-6-4-3-5-7-18/h3-13,15H,14H2,1-2H3. The summed E-state index contributed by atoms with van der Waals surface area (Å²) in [5, 5.41) is 1.10. The number of benzene rings is 3. The van der Waals surface area contributed by atoms with Gasteiger partial charge in [-0.25, -0.2) is 9.97 Å². The van der Waals surface area contributed by atoms with Gasteiger partial charge in [-0.3, -0.25) is 0 Å². The monoisotopic (exact) mass is 356 g/mol. The summed E-state index contributed by atoms with van der Waals surface area (Å²) in [5.41, 5.74) is 6.99. The number of hydrogen-bond donors (Lipinski definition) is 0. The van der Waals surface area contributed by atoms with E-state index >= 15 is 0 Å². The Morgan fingerprint density at radius 3 is 2.54 bits per heavy atom. The van der Waals surface area contributed by atoms with Gasteiger partial charge in [0.05, 0.1) is 11.2 Å². The minimum atomic E-state index is 0.960. The molecule has 0 aliphatic rings. The largest absolute Gasteiger partial charge is 0.236 e. The fourth-order valence-corrected chi connectivity index (χ4v) is 3.96. The first-order chi connectivity index (χ1) is 12.7. The van der Waals surface area contributed by atoms with Crippen molar-refractivity contribution in [3.63, 3.8) is 0 Å². The summed E-state index contributed by atoms with van der Waals surface area (Å²) in [5.74, 6) is 0.960. The molecule has 1 aromatic heterocycles. The van der Waals surface area contributed by atoms with Gasteiger partial charge in [0.1, 0.15) is 6.33 Å². The van der Waals surface area contributed by atoms with Crippen LogP contribution >= 0.6 is 11.8 Å². The molecule has 0 bridgehead atoms. The van der Waals surface area contributed by atoms with Crippen LogP contribution in [0.5, 0.6) is 0 Å². The molecule has 0 aliphatic heterocycles. The Morgan fingerprint density at radius 1 is 0.846 bits per heavy atom. The zero-order valence-electron chi connectivity index (χ0n) is 14.9. The number of aryl methyl sites for hydroxylation is 2. The molecule has 4 rings (SSSR count).